The predicted molar refractivity (Wildman–Crippen MR) is 58.3 cm³/mol. The number of hydrogen-bond acceptors (Lipinski definition) is 2. The average molecular weight is 203 g/mol. The maximum absolute atomic E-state index is 11.2. The molecular weight excluding hydrogens is 190 g/mol. The highest BCUT2D eigenvalue weighted by atomic mass is 16.1. The molecule has 0 radical (unpaired) electrons. The first-order valence-corrected chi connectivity index (χ1v) is 4.96. The third kappa shape index (κ3) is 1.70. The molecule has 2 aromatic rings. The average Bonchev–Trinajstić information content (AvgIpc) is 2.60. The Hall–Kier alpha value is -1.84. The Morgan fingerprint density at radius 3 is 2.80 bits per heavy atom. The van der Waals surface area contributed by atoms with Gasteiger partial charge in [-0.1, -0.05) is 25.1 Å². The van der Waals surface area contributed by atoms with Gasteiger partial charge in [-0.05, 0) is 18.6 Å². The summed E-state index contributed by atoms with van der Waals surface area (Å²) in [5.74, 6) is 0.759. The summed E-state index contributed by atoms with van der Waals surface area (Å²) in [7, 11) is 0. The lowest BCUT2D eigenvalue weighted by Crippen LogP contribution is -2.06. The van der Waals surface area contributed by atoms with Gasteiger partial charge in [0.25, 0.3) is 0 Å². The van der Waals surface area contributed by atoms with Gasteiger partial charge in [-0.2, -0.15) is 4.98 Å². The van der Waals surface area contributed by atoms with Crippen LogP contribution in [0.4, 0.5) is 0 Å². The molecule has 4 nitrogen and oxygen atoms in total. The number of para-hydroxylation sites is 1. The summed E-state index contributed by atoms with van der Waals surface area (Å²) in [6.45, 7) is 3.98. The van der Waals surface area contributed by atoms with Crippen molar-refractivity contribution in [2.75, 3.05) is 0 Å². The van der Waals surface area contributed by atoms with Gasteiger partial charge in [-0.25, -0.2) is 14.6 Å². The fourth-order valence-electron chi connectivity index (χ4n) is 1.60. The first-order chi connectivity index (χ1) is 7.22. The van der Waals surface area contributed by atoms with Gasteiger partial charge in [0.15, 0.2) is 0 Å². The van der Waals surface area contributed by atoms with Gasteiger partial charge in [-0.15, -0.1) is 0 Å². The van der Waals surface area contributed by atoms with Gasteiger partial charge in [-0.3, -0.25) is 0 Å². The van der Waals surface area contributed by atoms with Crippen molar-refractivity contribution in [2.45, 2.75) is 20.3 Å². The van der Waals surface area contributed by atoms with Crippen LogP contribution in [0.5, 0.6) is 0 Å². The van der Waals surface area contributed by atoms with Crippen LogP contribution < -0.4 is 5.69 Å². The molecule has 0 spiro atoms. The lowest BCUT2D eigenvalue weighted by atomic mass is 10.2. The molecule has 15 heavy (non-hydrogen) atoms. The molecule has 4 heteroatoms. The van der Waals surface area contributed by atoms with Crippen LogP contribution in [-0.4, -0.2) is 14.8 Å². The molecule has 0 amide bonds. The highest BCUT2D eigenvalue weighted by molar-refractivity contribution is 5.39. The largest absolute Gasteiger partial charge is 0.361 e. The van der Waals surface area contributed by atoms with Gasteiger partial charge >= 0.3 is 5.69 Å². The minimum Gasteiger partial charge on any atom is -0.244 e. The summed E-state index contributed by atoms with van der Waals surface area (Å²) in [5.41, 5.74) is 1.79. The van der Waals surface area contributed by atoms with E-state index in [4.69, 9.17) is 0 Å². The Bertz CT molecular complexity index is 525. The van der Waals surface area contributed by atoms with Crippen LogP contribution in [-0.2, 0) is 6.42 Å². The number of rotatable bonds is 2. The molecule has 2 rings (SSSR count). The molecular formula is C11H13N3O. The lowest BCUT2D eigenvalue weighted by Gasteiger charge is -2.07. The summed E-state index contributed by atoms with van der Waals surface area (Å²) in [6, 6.07) is 7.89. The van der Waals surface area contributed by atoms with E-state index in [2.05, 4.69) is 10.1 Å². The quantitative estimate of drug-likeness (QED) is 0.802. The Morgan fingerprint density at radius 2 is 2.13 bits per heavy atom. The maximum Gasteiger partial charge on any atom is 0.361 e. The second-order valence-corrected chi connectivity index (χ2v) is 3.42. The molecule has 1 heterocycles. The summed E-state index contributed by atoms with van der Waals surface area (Å²) in [5, 5.41) is 2.70. The number of hydrogen-bond donors (Lipinski definition) is 1. The molecule has 0 bridgehead atoms. The van der Waals surface area contributed by atoms with Crippen LogP contribution in [0.1, 0.15) is 18.3 Å². The van der Waals surface area contributed by atoms with Crippen LogP contribution >= 0.6 is 0 Å². The first kappa shape index (κ1) is 9.71. The first-order valence-electron chi connectivity index (χ1n) is 4.96. The van der Waals surface area contributed by atoms with Crippen molar-refractivity contribution >= 4 is 0 Å². The van der Waals surface area contributed by atoms with E-state index >= 15 is 0 Å². The molecule has 0 saturated heterocycles. The second-order valence-electron chi connectivity index (χ2n) is 3.42. The molecule has 0 unspecified atom stereocenters. The molecule has 0 saturated carbocycles. The number of H-pyrrole nitrogens is 1. The molecule has 1 aromatic heterocycles. The number of nitrogens with one attached hydrogen (secondary N) is 1. The van der Waals surface area contributed by atoms with E-state index in [0.717, 1.165) is 23.5 Å². The molecule has 1 aromatic carbocycles. The van der Waals surface area contributed by atoms with Gasteiger partial charge < -0.3 is 0 Å². The number of aryl methyl sites for hydroxylation is 2. The second kappa shape index (κ2) is 3.73. The molecule has 0 atom stereocenters. The zero-order valence-electron chi connectivity index (χ0n) is 8.82. The van der Waals surface area contributed by atoms with E-state index in [1.165, 1.54) is 0 Å². The van der Waals surface area contributed by atoms with Crippen LogP contribution in [0.25, 0.3) is 5.69 Å². The standard InChI is InChI=1S/C11H13N3O/c1-3-10-12-11(15)13-14(10)9-7-5-4-6-8(9)2/h4-7H,3H2,1-2H3,(H,13,15). The number of nitrogens with zero attached hydrogens (tertiary/aromatic N) is 2. The van der Waals surface area contributed by atoms with Crippen LogP contribution in [0.15, 0.2) is 29.1 Å². The Balaban J connectivity index is 2.63. The Morgan fingerprint density at radius 1 is 1.40 bits per heavy atom. The van der Waals surface area contributed by atoms with E-state index in [9.17, 15) is 4.79 Å². The number of benzene rings is 1. The summed E-state index contributed by atoms with van der Waals surface area (Å²) >= 11 is 0. The molecule has 0 aliphatic heterocycles. The normalized spacial score (nSPS) is 10.5. The topological polar surface area (TPSA) is 50.7 Å². The third-order valence-electron chi connectivity index (χ3n) is 2.37. The van der Waals surface area contributed by atoms with E-state index in [0.29, 0.717) is 0 Å². The summed E-state index contributed by atoms with van der Waals surface area (Å²) < 4.78 is 1.75. The molecule has 78 valence electrons. The summed E-state index contributed by atoms with van der Waals surface area (Å²) in [4.78, 5) is 15.1. The molecule has 1 N–H and O–H groups in total. The fraction of sp³-hybridized carbons (Fsp3) is 0.273. The SMILES string of the molecule is CCc1nc(=O)[nH]n1-c1ccccc1C. The van der Waals surface area contributed by atoms with Crippen molar-refractivity contribution in [1.29, 1.82) is 0 Å². The zero-order valence-corrected chi connectivity index (χ0v) is 8.82. The predicted octanol–water partition coefficient (Wildman–Crippen LogP) is 1.43. The third-order valence-corrected chi connectivity index (χ3v) is 2.37. The monoisotopic (exact) mass is 203 g/mol. The van der Waals surface area contributed by atoms with Crippen LogP contribution in [0.3, 0.4) is 0 Å². The van der Waals surface area contributed by atoms with Crippen molar-refractivity contribution < 1.29 is 0 Å². The highest BCUT2D eigenvalue weighted by Crippen LogP contribution is 2.12. The lowest BCUT2D eigenvalue weighted by molar-refractivity contribution is 0.792. The Kier molecular flexibility index (Phi) is 2.41. The van der Waals surface area contributed by atoms with Crippen molar-refractivity contribution in [1.82, 2.24) is 14.8 Å². The maximum atomic E-state index is 11.2. The molecule has 0 aliphatic carbocycles. The van der Waals surface area contributed by atoms with Gasteiger partial charge in [0.1, 0.15) is 5.82 Å². The fourth-order valence-corrected chi connectivity index (χ4v) is 1.60. The smallest absolute Gasteiger partial charge is 0.244 e. The molecule has 0 aliphatic rings. The minimum absolute atomic E-state index is 0.296. The van der Waals surface area contributed by atoms with Gasteiger partial charge in [0.2, 0.25) is 0 Å². The zero-order chi connectivity index (χ0) is 10.8. The van der Waals surface area contributed by atoms with Crippen molar-refractivity contribution in [2.24, 2.45) is 0 Å². The van der Waals surface area contributed by atoms with Crippen LogP contribution in [0.2, 0.25) is 0 Å². The van der Waals surface area contributed by atoms with Crippen molar-refractivity contribution in [3.05, 3.63) is 46.1 Å². The van der Waals surface area contributed by atoms with E-state index in [1.807, 2.05) is 38.1 Å². The molecule has 0 fully saturated rings. The summed E-state index contributed by atoms with van der Waals surface area (Å²) in [6.07, 6.45) is 0.729. The van der Waals surface area contributed by atoms with Gasteiger partial charge in [0.05, 0.1) is 5.69 Å². The van der Waals surface area contributed by atoms with Crippen molar-refractivity contribution in [3.63, 3.8) is 0 Å². The minimum atomic E-state index is -0.296. The Labute approximate surface area is 87.6 Å². The number of aromatic nitrogens is 3. The highest BCUT2D eigenvalue weighted by Gasteiger charge is 2.07. The van der Waals surface area contributed by atoms with Crippen molar-refractivity contribution in [3.8, 4) is 5.69 Å². The number of aromatic amines is 1. The van der Waals surface area contributed by atoms with E-state index < -0.39 is 0 Å². The van der Waals surface area contributed by atoms with Gasteiger partial charge in [0, 0.05) is 6.42 Å². The van der Waals surface area contributed by atoms with Crippen LogP contribution in [0, 0.1) is 6.92 Å². The van der Waals surface area contributed by atoms with E-state index in [-0.39, 0.29) is 5.69 Å². The van der Waals surface area contributed by atoms with E-state index in [1.54, 1.807) is 4.68 Å².